The largest absolute Gasteiger partial charge is 0.374 e. The number of alkyl halides is 2. The normalized spacial score (nSPS) is 11.8. The average Bonchev–Trinajstić information content (AvgIpc) is 2.37. The lowest BCUT2D eigenvalue weighted by Crippen LogP contribution is -2.37. The van der Waals surface area contributed by atoms with Gasteiger partial charge in [-0.25, -0.2) is 8.78 Å². The lowest BCUT2D eigenvalue weighted by Gasteiger charge is -2.31. The van der Waals surface area contributed by atoms with Crippen LogP contribution >= 0.6 is 0 Å². The Morgan fingerprint density at radius 3 is 2.50 bits per heavy atom. The molecule has 0 amide bonds. The van der Waals surface area contributed by atoms with E-state index in [1.54, 1.807) is 11.9 Å². The average molecular weight is 287 g/mol. The topological polar surface area (TPSA) is 72.4 Å². The Morgan fingerprint density at radius 1 is 1.45 bits per heavy atom. The fourth-order valence-electron chi connectivity index (χ4n) is 1.97. The summed E-state index contributed by atoms with van der Waals surface area (Å²) < 4.78 is 26.1. The Labute approximate surface area is 116 Å². The van der Waals surface area contributed by atoms with E-state index in [9.17, 15) is 18.9 Å². The number of rotatable bonds is 6. The molecular formula is C13H19F2N3O2. The molecule has 0 bridgehead atoms. The van der Waals surface area contributed by atoms with Gasteiger partial charge in [-0.3, -0.25) is 10.1 Å². The van der Waals surface area contributed by atoms with Crippen molar-refractivity contribution in [2.75, 3.05) is 25.0 Å². The fraction of sp³-hybridized carbons (Fsp3) is 0.538. The monoisotopic (exact) mass is 287 g/mol. The standard InChI is InChI=1S/C13H19F2N3O2/c1-13(2,7-16)8-17(3)11-5-4-9(18(19)20)6-10(11)12(14)15/h4-6,12H,7-8,16H2,1-3H3. The van der Waals surface area contributed by atoms with Crippen LogP contribution in [0.25, 0.3) is 0 Å². The van der Waals surface area contributed by atoms with Crippen molar-refractivity contribution in [1.29, 1.82) is 0 Å². The van der Waals surface area contributed by atoms with Gasteiger partial charge in [-0.1, -0.05) is 13.8 Å². The Hall–Kier alpha value is -1.76. The summed E-state index contributed by atoms with van der Waals surface area (Å²) in [6.07, 6.45) is -2.77. The van der Waals surface area contributed by atoms with Gasteiger partial charge in [-0.05, 0) is 18.0 Å². The molecular weight excluding hydrogens is 268 g/mol. The Bertz CT molecular complexity index is 493. The van der Waals surface area contributed by atoms with Gasteiger partial charge in [-0.15, -0.1) is 0 Å². The van der Waals surface area contributed by atoms with E-state index in [0.717, 1.165) is 6.07 Å². The van der Waals surface area contributed by atoms with Gasteiger partial charge >= 0.3 is 0 Å². The third kappa shape index (κ3) is 3.86. The van der Waals surface area contributed by atoms with Gasteiger partial charge in [-0.2, -0.15) is 0 Å². The van der Waals surface area contributed by atoms with Crippen LogP contribution in [0.15, 0.2) is 18.2 Å². The van der Waals surface area contributed by atoms with Crippen LogP contribution in [0.4, 0.5) is 20.2 Å². The number of anilines is 1. The summed E-state index contributed by atoms with van der Waals surface area (Å²) in [5.74, 6) is 0. The highest BCUT2D eigenvalue weighted by molar-refractivity contribution is 5.58. The smallest absolute Gasteiger partial charge is 0.270 e. The highest BCUT2D eigenvalue weighted by Crippen LogP contribution is 2.33. The number of nitrogens with two attached hydrogens (primary N) is 1. The van der Waals surface area contributed by atoms with Crippen LogP contribution < -0.4 is 10.6 Å². The Morgan fingerprint density at radius 2 is 2.05 bits per heavy atom. The molecule has 0 aromatic heterocycles. The molecule has 0 unspecified atom stereocenters. The van der Waals surface area contributed by atoms with Gasteiger partial charge in [0.15, 0.2) is 0 Å². The van der Waals surface area contributed by atoms with E-state index in [4.69, 9.17) is 5.73 Å². The number of nitrogens with zero attached hydrogens (tertiary/aromatic N) is 2. The van der Waals surface area contributed by atoms with E-state index in [0.29, 0.717) is 13.1 Å². The second kappa shape index (κ2) is 6.13. The van der Waals surface area contributed by atoms with E-state index in [1.165, 1.54) is 12.1 Å². The summed E-state index contributed by atoms with van der Waals surface area (Å²) in [5.41, 5.74) is 5.00. The quantitative estimate of drug-likeness (QED) is 0.645. The molecule has 1 aromatic rings. The third-order valence-electron chi connectivity index (χ3n) is 3.09. The van der Waals surface area contributed by atoms with Crippen LogP contribution in [-0.2, 0) is 0 Å². The molecule has 0 saturated carbocycles. The molecule has 0 atom stereocenters. The summed E-state index contributed by atoms with van der Waals surface area (Å²) in [6, 6.07) is 3.51. The Kier molecular flexibility index (Phi) is 4.99. The summed E-state index contributed by atoms with van der Waals surface area (Å²) in [7, 11) is 1.67. The maximum atomic E-state index is 13.1. The van der Waals surface area contributed by atoms with Crippen molar-refractivity contribution in [3.05, 3.63) is 33.9 Å². The van der Waals surface area contributed by atoms with Crippen LogP contribution in [0.2, 0.25) is 0 Å². The molecule has 0 fully saturated rings. The maximum Gasteiger partial charge on any atom is 0.270 e. The predicted octanol–water partition coefficient (Wildman–Crippen LogP) is 2.95. The molecule has 0 spiro atoms. The van der Waals surface area contributed by atoms with Gasteiger partial charge in [0.25, 0.3) is 12.1 Å². The number of hydrogen-bond donors (Lipinski definition) is 1. The van der Waals surface area contributed by atoms with Gasteiger partial charge in [0, 0.05) is 37.0 Å². The number of nitro benzene ring substituents is 1. The molecule has 2 N–H and O–H groups in total. The van der Waals surface area contributed by atoms with Crippen molar-refractivity contribution in [3.8, 4) is 0 Å². The number of halogens is 2. The molecule has 20 heavy (non-hydrogen) atoms. The number of non-ortho nitro benzene ring substituents is 1. The van der Waals surface area contributed by atoms with Crippen molar-refractivity contribution >= 4 is 11.4 Å². The molecule has 0 radical (unpaired) electrons. The number of hydrogen-bond acceptors (Lipinski definition) is 4. The van der Waals surface area contributed by atoms with E-state index < -0.39 is 11.3 Å². The lowest BCUT2D eigenvalue weighted by atomic mass is 9.93. The van der Waals surface area contributed by atoms with E-state index in [-0.39, 0.29) is 22.4 Å². The first kappa shape index (κ1) is 16.3. The van der Waals surface area contributed by atoms with Crippen LogP contribution in [0, 0.1) is 15.5 Å². The highest BCUT2D eigenvalue weighted by atomic mass is 19.3. The van der Waals surface area contributed by atoms with Crippen molar-refractivity contribution in [2.24, 2.45) is 11.1 Å². The van der Waals surface area contributed by atoms with E-state index in [2.05, 4.69) is 0 Å². The van der Waals surface area contributed by atoms with E-state index in [1.807, 2.05) is 13.8 Å². The summed E-state index contributed by atoms with van der Waals surface area (Å²) in [5, 5.41) is 10.7. The lowest BCUT2D eigenvalue weighted by molar-refractivity contribution is -0.385. The first-order valence-electron chi connectivity index (χ1n) is 6.15. The second-order valence-corrected chi connectivity index (χ2v) is 5.53. The third-order valence-corrected chi connectivity index (χ3v) is 3.09. The second-order valence-electron chi connectivity index (χ2n) is 5.53. The van der Waals surface area contributed by atoms with Crippen molar-refractivity contribution < 1.29 is 13.7 Å². The molecule has 0 heterocycles. The first-order valence-corrected chi connectivity index (χ1v) is 6.15. The van der Waals surface area contributed by atoms with Crippen LogP contribution in [0.1, 0.15) is 25.8 Å². The van der Waals surface area contributed by atoms with Crippen LogP contribution in [0.3, 0.4) is 0 Å². The minimum Gasteiger partial charge on any atom is -0.374 e. The molecule has 5 nitrogen and oxygen atoms in total. The predicted molar refractivity (Wildman–Crippen MR) is 74.2 cm³/mol. The van der Waals surface area contributed by atoms with Gasteiger partial charge < -0.3 is 10.6 Å². The minimum atomic E-state index is -2.77. The molecule has 1 aromatic carbocycles. The van der Waals surface area contributed by atoms with Gasteiger partial charge in [0.05, 0.1) is 4.92 Å². The Balaban J connectivity index is 3.14. The molecule has 0 saturated heterocycles. The zero-order chi connectivity index (χ0) is 15.5. The van der Waals surface area contributed by atoms with Crippen molar-refractivity contribution in [1.82, 2.24) is 0 Å². The van der Waals surface area contributed by atoms with Crippen molar-refractivity contribution in [2.45, 2.75) is 20.3 Å². The molecule has 0 aliphatic rings. The molecule has 7 heteroatoms. The molecule has 112 valence electrons. The maximum absolute atomic E-state index is 13.1. The summed E-state index contributed by atoms with van der Waals surface area (Å²) in [4.78, 5) is 11.6. The SMILES string of the molecule is CN(CC(C)(C)CN)c1ccc([N+](=O)[O-])cc1C(F)F. The minimum absolute atomic E-state index is 0.240. The number of benzene rings is 1. The number of nitro groups is 1. The van der Waals surface area contributed by atoms with Crippen LogP contribution in [-0.4, -0.2) is 25.1 Å². The fourth-order valence-corrected chi connectivity index (χ4v) is 1.97. The van der Waals surface area contributed by atoms with E-state index >= 15 is 0 Å². The molecule has 1 rings (SSSR count). The van der Waals surface area contributed by atoms with Crippen LogP contribution in [0.5, 0.6) is 0 Å². The molecule has 0 aliphatic heterocycles. The zero-order valence-corrected chi connectivity index (χ0v) is 11.8. The van der Waals surface area contributed by atoms with Gasteiger partial charge in [0.2, 0.25) is 0 Å². The zero-order valence-electron chi connectivity index (χ0n) is 11.8. The summed E-state index contributed by atoms with van der Waals surface area (Å²) >= 11 is 0. The first-order chi connectivity index (χ1) is 9.18. The molecule has 0 aliphatic carbocycles. The summed E-state index contributed by atoms with van der Waals surface area (Å²) in [6.45, 7) is 4.74. The van der Waals surface area contributed by atoms with Crippen molar-refractivity contribution in [3.63, 3.8) is 0 Å². The van der Waals surface area contributed by atoms with Gasteiger partial charge in [0.1, 0.15) is 0 Å². The highest BCUT2D eigenvalue weighted by Gasteiger charge is 2.24.